The van der Waals surface area contributed by atoms with E-state index in [1.165, 1.54) is 0 Å². The van der Waals surface area contributed by atoms with Gasteiger partial charge in [0.1, 0.15) is 6.10 Å². The van der Waals surface area contributed by atoms with E-state index in [9.17, 15) is 26.0 Å². The number of sulfonamides is 1. The molecule has 1 aliphatic carbocycles. The largest absolute Gasteiger partial charge is 0.460 e. The first-order valence-corrected chi connectivity index (χ1v) is 9.95. The minimum absolute atomic E-state index is 0.0511. The van der Waals surface area contributed by atoms with Gasteiger partial charge in [-0.3, -0.25) is 0 Å². The fraction of sp³-hybridized carbons (Fsp3) is 0.412. The van der Waals surface area contributed by atoms with Crippen molar-refractivity contribution in [2.24, 2.45) is 0 Å². The van der Waals surface area contributed by atoms with Crippen LogP contribution >= 0.6 is 0 Å². The number of alkyl halides is 3. The lowest BCUT2D eigenvalue weighted by atomic mass is 9.94. The first-order valence-electron chi connectivity index (χ1n) is 8.47. The van der Waals surface area contributed by atoms with Crippen molar-refractivity contribution < 1.29 is 30.7 Å². The second-order valence-electron chi connectivity index (χ2n) is 6.42. The summed E-state index contributed by atoms with van der Waals surface area (Å²) in [5, 5.41) is 0. The van der Waals surface area contributed by atoms with E-state index in [2.05, 4.69) is 14.7 Å². The van der Waals surface area contributed by atoms with Gasteiger partial charge >= 0.3 is 12.2 Å². The Hall–Kier alpha value is -2.27. The van der Waals surface area contributed by atoms with Gasteiger partial charge in [-0.25, -0.2) is 27.5 Å². The summed E-state index contributed by atoms with van der Waals surface area (Å²) in [4.78, 5) is 7.21. The highest BCUT2D eigenvalue weighted by Crippen LogP contribution is 2.30. The van der Waals surface area contributed by atoms with Gasteiger partial charge < -0.3 is 4.74 Å². The summed E-state index contributed by atoms with van der Waals surface area (Å²) >= 11 is 0. The molecule has 0 radical (unpaired) electrons. The average Bonchev–Trinajstić information content (AvgIpc) is 2.64. The Kier molecular flexibility index (Phi) is 5.84. The number of hydrogen-bond donors (Lipinski definition) is 1. The minimum atomic E-state index is -4.53. The van der Waals surface area contributed by atoms with E-state index in [0.29, 0.717) is 25.7 Å². The van der Waals surface area contributed by atoms with E-state index in [0.717, 1.165) is 36.7 Å². The van der Waals surface area contributed by atoms with Crippen LogP contribution in [0.2, 0.25) is 0 Å². The molecule has 6 nitrogen and oxygen atoms in total. The van der Waals surface area contributed by atoms with Crippen LogP contribution in [-0.2, 0) is 16.2 Å². The smallest absolute Gasteiger partial charge is 0.416 e. The lowest BCUT2D eigenvalue weighted by Gasteiger charge is -2.28. The normalized spacial score (nSPS) is 20.7. The molecule has 11 heteroatoms. The van der Waals surface area contributed by atoms with Crippen LogP contribution in [0.3, 0.4) is 0 Å². The van der Waals surface area contributed by atoms with Crippen molar-refractivity contribution >= 4 is 10.0 Å². The van der Waals surface area contributed by atoms with Crippen molar-refractivity contribution in [3.63, 3.8) is 0 Å². The summed E-state index contributed by atoms with van der Waals surface area (Å²) in [7, 11) is -3.93. The summed E-state index contributed by atoms with van der Waals surface area (Å²) in [6, 6.07) is 3.04. The number of ether oxygens (including phenoxy) is 1. The van der Waals surface area contributed by atoms with Gasteiger partial charge in [0.2, 0.25) is 10.0 Å². The summed E-state index contributed by atoms with van der Waals surface area (Å²) < 4.78 is 83.4. The third-order valence-electron chi connectivity index (χ3n) is 4.36. The molecule has 0 aliphatic heterocycles. The van der Waals surface area contributed by atoms with Crippen LogP contribution in [0.1, 0.15) is 31.2 Å². The quantitative estimate of drug-likeness (QED) is 0.753. The Morgan fingerprint density at radius 1 is 1.00 bits per heavy atom. The molecule has 1 N–H and O–H groups in total. The van der Waals surface area contributed by atoms with Crippen LogP contribution in [0, 0.1) is 5.82 Å². The van der Waals surface area contributed by atoms with Crippen LogP contribution in [-0.4, -0.2) is 30.5 Å². The topological polar surface area (TPSA) is 81.2 Å². The summed E-state index contributed by atoms with van der Waals surface area (Å²) in [5.74, 6) is -0.575. The molecular weight excluding hydrogens is 402 g/mol. The molecule has 1 heterocycles. The molecule has 0 saturated heterocycles. The molecule has 3 rings (SSSR count). The molecular formula is C17H17F4N3O3S. The highest BCUT2D eigenvalue weighted by Gasteiger charge is 2.31. The number of nitrogens with zero attached hydrogens (tertiary/aromatic N) is 2. The SMILES string of the molecule is O=S(=O)(NC1CCC(Oc2ncc(F)cn2)CC1)c1ccc(C(F)(F)F)cc1. The zero-order valence-electron chi connectivity index (χ0n) is 14.5. The first-order chi connectivity index (χ1) is 13.1. The van der Waals surface area contributed by atoms with E-state index in [1.807, 2.05) is 0 Å². The zero-order chi connectivity index (χ0) is 20.4. The molecule has 1 aromatic heterocycles. The van der Waals surface area contributed by atoms with Crippen LogP contribution in [0.4, 0.5) is 17.6 Å². The number of nitrogens with one attached hydrogen (secondary N) is 1. The van der Waals surface area contributed by atoms with Crippen molar-refractivity contribution in [1.82, 2.24) is 14.7 Å². The molecule has 0 bridgehead atoms. The monoisotopic (exact) mass is 419 g/mol. The summed E-state index contributed by atoms with van der Waals surface area (Å²) in [6.07, 6.45) is -0.753. The predicted molar refractivity (Wildman–Crippen MR) is 90.4 cm³/mol. The molecule has 28 heavy (non-hydrogen) atoms. The Morgan fingerprint density at radius 2 is 1.57 bits per heavy atom. The summed E-state index contributed by atoms with van der Waals surface area (Å²) in [6.45, 7) is 0. The van der Waals surface area contributed by atoms with Gasteiger partial charge in [0.25, 0.3) is 0 Å². The van der Waals surface area contributed by atoms with E-state index in [1.54, 1.807) is 0 Å². The third-order valence-corrected chi connectivity index (χ3v) is 5.89. The van der Waals surface area contributed by atoms with Crippen molar-refractivity contribution in [2.75, 3.05) is 0 Å². The van der Waals surface area contributed by atoms with Crippen molar-refractivity contribution in [2.45, 2.75) is 48.9 Å². The van der Waals surface area contributed by atoms with Crippen LogP contribution in [0.15, 0.2) is 41.6 Å². The molecule has 1 aromatic carbocycles. The average molecular weight is 419 g/mol. The van der Waals surface area contributed by atoms with Crippen LogP contribution in [0.25, 0.3) is 0 Å². The van der Waals surface area contributed by atoms with Gasteiger partial charge in [-0.1, -0.05) is 0 Å². The molecule has 1 fully saturated rings. The van der Waals surface area contributed by atoms with Crippen LogP contribution in [0.5, 0.6) is 6.01 Å². The highest BCUT2D eigenvalue weighted by atomic mass is 32.2. The molecule has 0 atom stereocenters. The zero-order valence-corrected chi connectivity index (χ0v) is 15.3. The maximum atomic E-state index is 12.8. The minimum Gasteiger partial charge on any atom is -0.460 e. The fourth-order valence-corrected chi connectivity index (χ4v) is 4.22. The number of rotatable bonds is 5. The van der Waals surface area contributed by atoms with E-state index >= 15 is 0 Å². The Bertz CT molecular complexity index is 895. The number of hydrogen-bond acceptors (Lipinski definition) is 5. The summed E-state index contributed by atoms with van der Waals surface area (Å²) in [5.41, 5.74) is -0.910. The molecule has 0 unspecified atom stereocenters. The highest BCUT2D eigenvalue weighted by molar-refractivity contribution is 7.89. The van der Waals surface area contributed by atoms with E-state index in [4.69, 9.17) is 4.74 Å². The lowest BCUT2D eigenvalue weighted by molar-refractivity contribution is -0.137. The fourth-order valence-electron chi connectivity index (χ4n) is 2.92. The first kappa shape index (κ1) is 20.5. The van der Waals surface area contributed by atoms with Crippen molar-refractivity contribution in [3.8, 4) is 6.01 Å². The second kappa shape index (κ2) is 8.00. The Labute approximate surface area is 159 Å². The van der Waals surface area contributed by atoms with Crippen LogP contribution < -0.4 is 9.46 Å². The predicted octanol–water partition coefficient (Wildman–Crippen LogP) is 3.30. The molecule has 0 amide bonds. The van der Waals surface area contributed by atoms with Gasteiger partial charge in [0.05, 0.1) is 22.9 Å². The lowest BCUT2D eigenvalue weighted by Crippen LogP contribution is -2.39. The standard InChI is InChI=1S/C17H17F4N3O3S/c18-12-9-22-16(23-10-12)27-14-5-3-13(4-6-14)24-28(25,26)15-7-1-11(2-8-15)17(19,20)21/h1-2,7-10,13-14,24H,3-6H2. The number of halogens is 4. The van der Waals surface area contributed by atoms with Crippen molar-refractivity contribution in [1.29, 1.82) is 0 Å². The van der Waals surface area contributed by atoms with E-state index < -0.39 is 27.6 Å². The van der Waals surface area contributed by atoms with Gasteiger partial charge in [-0.05, 0) is 49.9 Å². The second-order valence-corrected chi connectivity index (χ2v) is 8.13. The van der Waals surface area contributed by atoms with Gasteiger partial charge in [-0.2, -0.15) is 13.2 Å². The van der Waals surface area contributed by atoms with E-state index in [-0.39, 0.29) is 23.1 Å². The number of aromatic nitrogens is 2. The Morgan fingerprint density at radius 3 is 2.11 bits per heavy atom. The molecule has 0 spiro atoms. The third kappa shape index (κ3) is 5.16. The van der Waals surface area contributed by atoms with Gasteiger partial charge in [-0.15, -0.1) is 0 Å². The van der Waals surface area contributed by atoms with Gasteiger partial charge in [0.15, 0.2) is 5.82 Å². The Balaban J connectivity index is 1.55. The molecule has 1 saturated carbocycles. The van der Waals surface area contributed by atoms with Crippen molar-refractivity contribution in [3.05, 3.63) is 48.0 Å². The van der Waals surface area contributed by atoms with Gasteiger partial charge in [0, 0.05) is 6.04 Å². The maximum absolute atomic E-state index is 12.8. The molecule has 152 valence electrons. The maximum Gasteiger partial charge on any atom is 0.416 e. The number of benzene rings is 1. The molecule has 2 aromatic rings. The molecule has 1 aliphatic rings.